The van der Waals surface area contributed by atoms with Crippen molar-refractivity contribution in [2.24, 2.45) is 0 Å². The Labute approximate surface area is 86.3 Å². The lowest BCUT2D eigenvalue weighted by Gasteiger charge is -2.09. The maximum Gasteiger partial charge on any atom is 0.0701 e. The van der Waals surface area contributed by atoms with Crippen LogP contribution in [0.15, 0.2) is 0 Å². The van der Waals surface area contributed by atoms with E-state index in [9.17, 15) is 0 Å². The Bertz CT molecular complexity index is 83.2. The minimum absolute atomic E-state index is 1.00. The zero-order chi connectivity index (χ0) is 9.90. The van der Waals surface area contributed by atoms with Crippen LogP contribution in [-0.4, -0.2) is 52.6 Å². The van der Waals surface area contributed by atoms with Gasteiger partial charge in [-0.1, -0.05) is 0 Å². The van der Waals surface area contributed by atoms with E-state index in [0.717, 1.165) is 26.4 Å². The summed E-state index contributed by atoms with van der Waals surface area (Å²) in [5.41, 5.74) is 0. The van der Waals surface area contributed by atoms with E-state index in [1.807, 2.05) is 0 Å². The molecule has 0 aromatic heterocycles. The van der Waals surface area contributed by atoms with Crippen LogP contribution in [0.5, 0.6) is 0 Å². The van der Waals surface area contributed by atoms with Crippen LogP contribution < -0.4 is 10.6 Å². The molecule has 4 heterocycles. The van der Waals surface area contributed by atoms with Gasteiger partial charge < -0.3 is 20.1 Å². The molecule has 4 aliphatic heterocycles. The molecule has 4 saturated heterocycles. The van der Waals surface area contributed by atoms with E-state index in [-0.39, 0.29) is 0 Å². The van der Waals surface area contributed by atoms with Gasteiger partial charge in [-0.05, 0) is 25.9 Å². The predicted octanol–water partition coefficient (Wildman–Crippen LogP) is -0.00740. The summed E-state index contributed by atoms with van der Waals surface area (Å²) in [5.74, 6) is 0. The summed E-state index contributed by atoms with van der Waals surface area (Å²) >= 11 is 0. The number of epoxide rings is 1. The third-order valence-corrected chi connectivity index (χ3v) is 1.74. The van der Waals surface area contributed by atoms with Crippen LogP contribution in [0, 0.1) is 0 Å². The van der Waals surface area contributed by atoms with E-state index >= 15 is 0 Å². The van der Waals surface area contributed by atoms with Crippen LogP contribution in [0.25, 0.3) is 0 Å². The molecule has 4 aliphatic rings. The van der Waals surface area contributed by atoms with Crippen LogP contribution in [0.3, 0.4) is 0 Å². The second kappa shape index (κ2) is 9.40. The zero-order valence-electron chi connectivity index (χ0n) is 8.89. The Morgan fingerprint density at radius 2 is 0.857 bits per heavy atom. The molecule has 0 spiro atoms. The maximum absolute atomic E-state index is 4.72. The molecule has 0 atom stereocenters. The van der Waals surface area contributed by atoms with E-state index in [4.69, 9.17) is 4.74 Å². The van der Waals surface area contributed by atoms with Crippen LogP contribution in [0.2, 0.25) is 0 Å². The summed E-state index contributed by atoms with van der Waals surface area (Å²) < 4.78 is 9.22. The van der Waals surface area contributed by atoms with Gasteiger partial charge in [0.15, 0.2) is 0 Å². The number of nitrogens with one attached hydrogen (secondary N) is 2. The first-order chi connectivity index (χ1) is 7.00. The average molecular weight is 202 g/mol. The Hall–Kier alpha value is -0.160. The molecular weight excluding hydrogens is 180 g/mol. The smallest absolute Gasteiger partial charge is 0.0701 e. The van der Waals surface area contributed by atoms with Gasteiger partial charge in [0.25, 0.3) is 0 Å². The highest BCUT2D eigenvalue weighted by atomic mass is 16.6. The zero-order valence-corrected chi connectivity index (χ0v) is 8.89. The second-order valence-electron chi connectivity index (χ2n) is 3.43. The molecule has 4 heteroatoms. The van der Waals surface area contributed by atoms with Crippen molar-refractivity contribution in [3.8, 4) is 0 Å². The van der Waals surface area contributed by atoms with Gasteiger partial charge in [0.1, 0.15) is 0 Å². The maximum atomic E-state index is 4.72. The predicted molar refractivity (Wildman–Crippen MR) is 56.6 cm³/mol. The Kier molecular flexibility index (Phi) is 8.00. The van der Waals surface area contributed by atoms with Crippen LogP contribution in [-0.2, 0) is 9.47 Å². The van der Waals surface area contributed by atoms with Crippen LogP contribution in [0.1, 0.15) is 12.8 Å². The second-order valence-corrected chi connectivity index (χ2v) is 3.43. The van der Waals surface area contributed by atoms with Crippen molar-refractivity contribution >= 4 is 0 Å². The van der Waals surface area contributed by atoms with Crippen molar-refractivity contribution in [1.82, 2.24) is 10.6 Å². The molecular formula is C10H22N2O2. The minimum Gasteiger partial charge on any atom is -0.381 e. The first kappa shape index (κ1) is 11.9. The van der Waals surface area contributed by atoms with Crippen molar-refractivity contribution in [3.05, 3.63) is 0 Å². The molecule has 0 aliphatic carbocycles. The highest BCUT2D eigenvalue weighted by Crippen LogP contribution is 1.93. The van der Waals surface area contributed by atoms with Gasteiger partial charge in [-0.25, -0.2) is 0 Å². The molecule has 0 amide bonds. The van der Waals surface area contributed by atoms with Crippen molar-refractivity contribution in [2.45, 2.75) is 12.8 Å². The highest BCUT2D eigenvalue weighted by molar-refractivity contribution is 4.58. The van der Waals surface area contributed by atoms with E-state index < -0.39 is 0 Å². The lowest BCUT2D eigenvalue weighted by Crippen LogP contribution is -2.29. The molecule has 4 fully saturated rings. The third-order valence-electron chi connectivity index (χ3n) is 1.74. The molecule has 84 valence electrons. The third kappa shape index (κ3) is 14.4. The number of ether oxygens (including phenoxy) is 2. The van der Waals surface area contributed by atoms with Gasteiger partial charge in [0.2, 0.25) is 0 Å². The fourth-order valence-corrected chi connectivity index (χ4v) is 0.321. The monoisotopic (exact) mass is 202 g/mol. The van der Waals surface area contributed by atoms with E-state index in [1.54, 1.807) is 0 Å². The van der Waals surface area contributed by atoms with Crippen molar-refractivity contribution < 1.29 is 9.47 Å². The van der Waals surface area contributed by atoms with Gasteiger partial charge >= 0.3 is 0 Å². The topological polar surface area (TPSA) is 55.7 Å². The van der Waals surface area contributed by atoms with Gasteiger partial charge in [0.05, 0.1) is 13.2 Å². The molecule has 0 radical (unpaired) electrons. The fourth-order valence-electron chi connectivity index (χ4n) is 0.321. The highest BCUT2D eigenvalue weighted by Gasteiger charge is 1.94. The van der Waals surface area contributed by atoms with E-state index in [2.05, 4.69) is 15.4 Å². The largest absolute Gasteiger partial charge is 0.381 e. The van der Waals surface area contributed by atoms with Crippen molar-refractivity contribution in [2.75, 3.05) is 52.6 Å². The normalized spacial score (nSPS) is 24.0. The molecule has 0 unspecified atom stereocenters. The van der Waals surface area contributed by atoms with Crippen LogP contribution >= 0.6 is 0 Å². The summed E-state index contributed by atoms with van der Waals surface area (Å²) in [6.07, 6.45) is 2.67. The van der Waals surface area contributed by atoms with Gasteiger partial charge in [-0.15, -0.1) is 0 Å². The molecule has 0 bridgehead atoms. The lowest BCUT2D eigenvalue weighted by molar-refractivity contribution is 0.0367. The van der Waals surface area contributed by atoms with Crippen molar-refractivity contribution in [1.29, 1.82) is 0 Å². The van der Waals surface area contributed by atoms with E-state index in [1.165, 1.54) is 39.0 Å². The lowest BCUT2D eigenvalue weighted by atomic mass is 10.3. The Balaban J connectivity index is 0.0000000942. The number of hydrogen-bond donors (Lipinski definition) is 2. The first-order valence-corrected chi connectivity index (χ1v) is 5.57. The summed E-state index contributed by atoms with van der Waals surface area (Å²) in [6.45, 7) is 9.00. The molecule has 14 heavy (non-hydrogen) atoms. The molecule has 0 aromatic rings. The minimum atomic E-state index is 1.00. The summed E-state index contributed by atoms with van der Waals surface area (Å²) in [4.78, 5) is 0. The molecule has 4 nitrogen and oxygen atoms in total. The quantitative estimate of drug-likeness (QED) is 0.543. The fraction of sp³-hybridized carbons (Fsp3) is 1.00. The van der Waals surface area contributed by atoms with E-state index in [0.29, 0.717) is 0 Å². The summed E-state index contributed by atoms with van der Waals surface area (Å²) in [7, 11) is 0. The molecule has 0 aromatic carbocycles. The average Bonchev–Trinajstić information content (AvgIpc) is 2.77. The van der Waals surface area contributed by atoms with Gasteiger partial charge in [-0.3, -0.25) is 0 Å². The Morgan fingerprint density at radius 3 is 0.857 bits per heavy atom. The van der Waals surface area contributed by atoms with Gasteiger partial charge in [0, 0.05) is 26.3 Å². The molecule has 0 saturated carbocycles. The van der Waals surface area contributed by atoms with Gasteiger partial charge in [-0.2, -0.15) is 0 Å². The number of hydrogen-bond acceptors (Lipinski definition) is 4. The molecule has 4 rings (SSSR count). The SMILES string of the molecule is C1CN1.C1CNC1.C1CO1.C1COC1. The number of rotatable bonds is 0. The van der Waals surface area contributed by atoms with Crippen molar-refractivity contribution in [3.63, 3.8) is 0 Å². The first-order valence-electron chi connectivity index (χ1n) is 5.57. The standard InChI is InChI=1S/C3H7N.C3H6O.C2H5N.C2H4O/c2*1-2-4-3-1;2*1-2-3-1/h4H,1-3H2;1-3H2;3H,1-2H2;1-2H2. The molecule has 2 N–H and O–H groups in total. The summed E-state index contributed by atoms with van der Waals surface area (Å²) in [5, 5.41) is 6.11. The summed E-state index contributed by atoms with van der Waals surface area (Å²) in [6, 6.07) is 0. The Morgan fingerprint density at radius 1 is 0.571 bits per heavy atom. The van der Waals surface area contributed by atoms with Crippen LogP contribution in [0.4, 0.5) is 0 Å².